The minimum atomic E-state index is -0.0332. The number of nitrogens with zero attached hydrogens (tertiary/aromatic N) is 1. The van der Waals surface area contributed by atoms with Crippen molar-refractivity contribution < 1.29 is 9.53 Å². The Labute approximate surface area is 165 Å². The summed E-state index contributed by atoms with van der Waals surface area (Å²) in [4.78, 5) is 14.2. The molecule has 3 aliphatic heterocycles. The number of carbonyl (C=O) groups is 1. The molecule has 0 aromatic rings. The van der Waals surface area contributed by atoms with E-state index in [-0.39, 0.29) is 43.2 Å². The summed E-state index contributed by atoms with van der Waals surface area (Å²) in [5.74, 6) is 1.64. The highest BCUT2D eigenvalue weighted by Crippen LogP contribution is 2.39. The molecule has 3 heterocycles. The summed E-state index contributed by atoms with van der Waals surface area (Å²) in [5, 5.41) is 3.80. The number of rotatable bonds is 5. The molecule has 3 unspecified atom stereocenters. The van der Waals surface area contributed by atoms with Crippen LogP contribution in [0.5, 0.6) is 0 Å². The number of carbonyl (C=O) groups excluding carboxylic acids is 1. The van der Waals surface area contributed by atoms with Gasteiger partial charge in [0.25, 0.3) is 0 Å². The average molecular weight is 404 g/mol. The molecule has 3 rings (SSSR count). The standard InChI is InChI=1S/C17H30N2O2.3ClH/c1-2-21-16(20)9-3-8-15-14-7-5-11-19-10-4-6-13(12-18-15)17(14)19;;;/h13-15,17-18H,2-12H2,1H3;3*1H/t13?,14?,15-,17?;;;/m0.../s1. The first-order chi connectivity index (χ1) is 10.3. The molecule has 0 saturated carbocycles. The van der Waals surface area contributed by atoms with Crippen molar-refractivity contribution in [1.82, 2.24) is 10.2 Å². The number of piperidine rings is 3. The molecule has 0 radical (unpaired) electrons. The van der Waals surface area contributed by atoms with E-state index in [1.54, 1.807) is 0 Å². The first kappa shape index (κ1) is 24.3. The van der Waals surface area contributed by atoms with Crippen LogP contribution >= 0.6 is 37.2 Å². The number of hydrogen-bond acceptors (Lipinski definition) is 4. The van der Waals surface area contributed by atoms with Crippen molar-refractivity contribution in [3.05, 3.63) is 0 Å². The normalized spacial score (nSPS) is 31.5. The molecule has 0 bridgehead atoms. The molecular weight excluding hydrogens is 371 g/mol. The van der Waals surface area contributed by atoms with Crippen molar-refractivity contribution in [2.45, 2.75) is 64.0 Å². The summed E-state index contributed by atoms with van der Waals surface area (Å²) >= 11 is 0. The molecule has 4 atom stereocenters. The smallest absolute Gasteiger partial charge is 0.305 e. The third kappa shape index (κ3) is 5.63. The third-order valence-electron chi connectivity index (χ3n) is 5.71. The first-order valence-electron chi connectivity index (χ1n) is 8.92. The fraction of sp³-hybridized carbons (Fsp3) is 0.941. The van der Waals surface area contributed by atoms with Crippen LogP contribution in [-0.2, 0) is 9.53 Å². The molecule has 0 aromatic carbocycles. The van der Waals surface area contributed by atoms with E-state index >= 15 is 0 Å². The van der Waals surface area contributed by atoms with E-state index in [0.29, 0.717) is 19.1 Å². The highest BCUT2D eigenvalue weighted by atomic mass is 35.5. The summed E-state index contributed by atoms with van der Waals surface area (Å²) in [7, 11) is 0. The lowest BCUT2D eigenvalue weighted by molar-refractivity contribution is -0.143. The second kappa shape index (κ2) is 11.8. The summed E-state index contributed by atoms with van der Waals surface area (Å²) in [5.41, 5.74) is 0. The van der Waals surface area contributed by atoms with Gasteiger partial charge in [-0.2, -0.15) is 0 Å². The summed E-state index contributed by atoms with van der Waals surface area (Å²) in [6.45, 7) is 6.18. The van der Waals surface area contributed by atoms with Gasteiger partial charge in [0.15, 0.2) is 0 Å². The molecule has 24 heavy (non-hydrogen) atoms. The fourth-order valence-electron chi connectivity index (χ4n) is 4.89. The van der Waals surface area contributed by atoms with Crippen molar-refractivity contribution in [3.63, 3.8) is 0 Å². The quantitative estimate of drug-likeness (QED) is 0.714. The summed E-state index contributed by atoms with van der Waals surface area (Å²) in [6.07, 6.45) is 8.17. The Bertz CT molecular complexity index is 365. The van der Waals surface area contributed by atoms with E-state index < -0.39 is 0 Å². The first-order valence-corrected chi connectivity index (χ1v) is 8.92. The Morgan fingerprint density at radius 2 is 1.88 bits per heavy atom. The van der Waals surface area contributed by atoms with Crippen molar-refractivity contribution in [2.24, 2.45) is 11.8 Å². The van der Waals surface area contributed by atoms with E-state index in [2.05, 4.69) is 10.2 Å². The van der Waals surface area contributed by atoms with Gasteiger partial charge in [-0.3, -0.25) is 9.69 Å². The van der Waals surface area contributed by atoms with E-state index in [0.717, 1.165) is 30.7 Å². The van der Waals surface area contributed by atoms with Gasteiger partial charge >= 0.3 is 5.97 Å². The Balaban J connectivity index is 0.00000176. The predicted octanol–water partition coefficient (Wildman–Crippen LogP) is 3.45. The molecule has 0 aromatic heterocycles. The Morgan fingerprint density at radius 1 is 1.17 bits per heavy atom. The van der Waals surface area contributed by atoms with E-state index in [9.17, 15) is 4.79 Å². The third-order valence-corrected chi connectivity index (χ3v) is 5.71. The second-order valence-corrected chi connectivity index (χ2v) is 6.95. The molecule has 3 fully saturated rings. The summed E-state index contributed by atoms with van der Waals surface area (Å²) in [6, 6.07) is 1.43. The number of hydrogen-bond donors (Lipinski definition) is 1. The van der Waals surface area contributed by atoms with Crippen molar-refractivity contribution >= 4 is 43.2 Å². The lowest BCUT2D eigenvalue weighted by atomic mass is 9.70. The SMILES string of the molecule is CCOC(=O)CCC[C@@H]1NCC2CCCN3CCCC1C23.Cl.Cl.Cl. The maximum absolute atomic E-state index is 11.5. The van der Waals surface area contributed by atoms with Gasteiger partial charge in [-0.05, 0) is 76.9 Å². The Morgan fingerprint density at radius 3 is 2.58 bits per heavy atom. The predicted molar refractivity (Wildman–Crippen MR) is 105 cm³/mol. The zero-order chi connectivity index (χ0) is 14.7. The zero-order valence-electron chi connectivity index (χ0n) is 14.6. The highest BCUT2D eigenvalue weighted by molar-refractivity contribution is 5.86. The molecule has 3 aliphatic rings. The lowest BCUT2D eigenvalue weighted by Gasteiger charge is -2.54. The topological polar surface area (TPSA) is 41.6 Å². The van der Waals surface area contributed by atoms with Gasteiger partial charge in [-0.1, -0.05) is 0 Å². The van der Waals surface area contributed by atoms with Gasteiger partial charge in [0.2, 0.25) is 0 Å². The molecule has 7 heteroatoms. The molecule has 4 nitrogen and oxygen atoms in total. The van der Waals surface area contributed by atoms with Crippen LogP contribution in [0.2, 0.25) is 0 Å². The molecule has 0 amide bonds. The Kier molecular flexibility index (Phi) is 11.9. The van der Waals surface area contributed by atoms with Crippen molar-refractivity contribution in [2.75, 3.05) is 26.2 Å². The van der Waals surface area contributed by atoms with Crippen LogP contribution in [0, 0.1) is 11.8 Å². The van der Waals surface area contributed by atoms with Crippen LogP contribution in [0.3, 0.4) is 0 Å². The van der Waals surface area contributed by atoms with E-state index in [1.165, 1.54) is 45.3 Å². The monoisotopic (exact) mass is 402 g/mol. The molecule has 3 saturated heterocycles. The average Bonchev–Trinajstić information content (AvgIpc) is 2.50. The van der Waals surface area contributed by atoms with Crippen LogP contribution in [0.25, 0.3) is 0 Å². The minimum Gasteiger partial charge on any atom is -0.466 e. The minimum absolute atomic E-state index is 0. The van der Waals surface area contributed by atoms with Crippen LogP contribution in [0.15, 0.2) is 0 Å². The molecule has 1 N–H and O–H groups in total. The van der Waals surface area contributed by atoms with Gasteiger partial charge in [0.1, 0.15) is 0 Å². The molecule has 0 aliphatic carbocycles. The van der Waals surface area contributed by atoms with Crippen molar-refractivity contribution in [3.8, 4) is 0 Å². The molecule has 0 spiro atoms. The molecule has 144 valence electrons. The number of esters is 1. The highest BCUT2D eigenvalue weighted by Gasteiger charge is 2.45. The van der Waals surface area contributed by atoms with E-state index in [1.807, 2.05) is 6.92 Å². The fourth-order valence-corrected chi connectivity index (χ4v) is 4.89. The zero-order valence-corrected chi connectivity index (χ0v) is 17.0. The summed E-state index contributed by atoms with van der Waals surface area (Å²) < 4.78 is 5.03. The van der Waals surface area contributed by atoms with Gasteiger partial charge < -0.3 is 10.1 Å². The lowest BCUT2D eigenvalue weighted by Crippen LogP contribution is -2.63. The van der Waals surface area contributed by atoms with Gasteiger partial charge in [-0.25, -0.2) is 0 Å². The van der Waals surface area contributed by atoms with E-state index in [4.69, 9.17) is 4.74 Å². The number of nitrogens with one attached hydrogen (secondary N) is 1. The number of ether oxygens (including phenoxy) is 1. The molecular formula is C17H33Cl3N2O2. The van der Waals surface area contributed by atoms with Crippen molar-refractivity contribution in [1.29, 1.82) is 0 Å². The Hall–Kier alpha value is 0.260. The maximum Gasteiger partial charge on any atom is 0.305 e. The van der Waals surface area contributed by atoms with Gasteiger partial charge in [0.05, 0.1) is 6.61 Å². The van der Waals surface area contributed by atoms with Crippen LogP contribution in [0.4, 0.5) is 0 Å². The van der Waals surface area contributed by atoms with Crippen LogP contribution < -0.4 is 5.32 Å². The van der Waals surface area contributed by atoms with Gasteiger partial charge in [-0.15, -0.1) is 37.2 Å². The number of halogens is 3. The maximum atomic E-state index is 11.5. The van der Waals surface area contributed by atoms with Crippen LogP contribution in [-0.4, -0.2) is 49.2 Å². The second-order valence-electron chi connectivity index (χ2n) is 6.95. The largest absolute Gasteiger partial charge is 0.466 e. The van der Waals surface area contributed by atoms with Crippen LogP contribution in [0.1, 0.15) is 51.9 Å². The van der Waals surface area contributed by atoms with Gasteiger partial charge in [0, 0.05) is 18.5 Å².